The molecule has 0 radical (unpaired) electrons. The molecular formula is C29H35ClFN6O7S+. The van der Waals surface area contributed by atoms with Crippen molar-refractivity contribution in [2.45, 2.75) is 43.5 Å². The molecule has 1 aliphatic heterocycles. The van der Waals surface area contributed by atoms with Crippen molar-refractivity contribution in [3.63, 3.8) is 0 Å². The van der Waals surface area contributed by atoms with E-state index in [2.05, 4.69) is 15.6 Å². The fraction of sp³-hybridized carbons (Fsp3) is 0.379. The first kappa shape index (κ1) is 34.0. The number of primary sulfonamides is 1. The maximum absolute atomic E-state index is 14.2. The normalized spacial score (nSPS) is 20.8. The molecule has 2 aromatic carbocycles. The van der Waals surface area contributed by atoms with Crippen molar-refractivity contribution in [3.8, 4) is 0 Å². The fourth-order valence-electron chi connectivity index (χ4n) is 5.42. The number of amides is 4. The molecule has 1 aliphatic rings. The second-order valence-corrected chi connectivity index (χ2v) is 13.7. The average Bonchev–Trinajstić information content (AvgIpc) is 3.49. The van der Waals surface area contributed by atoms with Gasteiger partial charge in [-0.2, -0.15) is 0 Å². The van der Waals surface area contributed by atoms with Gasteiger partial charge in [0.05, 0.1) is 6.54 Å². The molecule has 1 aromatic heterocycles. The molecular weight excluding hydrogens is 631 g/mol. The van der Waals surface area contributed by atoms with Crippen molar-refractivity contribution in [3.05, 3.63) is 58.9 Å². The Labute approximate surface area is 264 Å². The molecule has 2 heterocycles. The van der Waals surface area contributed by atoms with Gasteiger partial charge in [-0.15, -0.1) is 0 Å². The minimum absolute atomic E-state index is 0.0924. The van der Waals surface area contributed by atoms with Gasteiger partial charge in [0, 0.05) is 55.1 Å². The van der Waals surface area contributed by atoms with E-state index in [-0.39, 0.29) is 52.6 Å². The predicted molar refractivity (Wildman–Crippen MR) is 164 cm³/mol. The molecule has 16 heteroatoms. The van der Waals surface area contributed by atoms with E-state index in [9.17, 15) is 37.1 Å². The van der Waals surface area contributed by atoms with Crippen molar-refractivity contribution in [2.24, 2.45) is 11.1 Å². The van der Waals surface area contributed by atoms with Gasteiger partial charge in [0.1, 0.15) is 22.6 Å². The lowest BCUT2D eigenvalue weighted by molar-refractivity contribution is -0.155. The number of aliphatic hydroxyl groups is 1. The van der Waals surface area contributed by atoms with Crippen molar-refractivity contribution in [2.75, 3.05) is 27.2 Å². The lowest BCUT2D eigenvalue weighted by Gasteiger charge is -2.33. The number of aromatic amines is 1. The monoisotopic (exact) mass is 665 g/mol. The van der Waals surface area contributed by atoms with E-state index in [0.29, 0.717) is 10.9 Å². The van der Waals surface area contributed by atoms with Crippen LogP contribution in [0.4, 0.5) is 10.1 Å². The van der Waals surface area contributed by atoms with Gasteiger partial charge in [0.2, 0.25) is 5.91 Å². The van der Waals surface area contributed by atoms with Crippen LogP contribution in [0.1, 0.15) is 25.8 Å². The van der Waals surface area contributed by atoms with Crippen LogP contribution < -0.4 is 20.3 Å². The Bertz CT molecular complexity index is 1780. The van der Waals surface area contributed by atoms with Gasteiger partial charge in [-0.1, -0.05) is 25.4 Å². The van der Waals surface area contributed by atoms with Crippen molar-refractivity contribution in [1.29, 1.82) is 0 Å². The highest BCUT2D eigenvalue weighted by molar-refractivity contribution is 7.89. The van der Waals surface area contributed by atoms with Crippen LogP contribution in [0.25, 0.3) is 10.9 Å². The molecule has 242 valence electrons. The zero-order valence-electron chi connectivity index (χ0n) is 25.1. The Hall–Kier alpha value is -3.89. The van der Waals surface area contributed by atoms with Crippen molar-refractivity contribution < 1.29 is 37.1 Å². The van der Waals surface area contributed by atoms with Crippen LogP contribution in [0.15, 0.2) is 47.5 Å². The minimum atomic E-state index is -4.10. The number of carbonyl (C=O) groups excluding carboxylic acids is 4. The smallest absolute Gasteiger partial charge is 0.361 e. The number of carbonyl (C=O) groups is 4. The Morgan fingerprint density at radius 2 is 1.87 bits per heavy atom. The van der Waals surface area contributed by atoms with Gasteiger partial charge in [0.25, 0.3) is 27.4 Å². The number of benzene rings is 2. The highest BCUT2D eigenvalue weighted by Crippen LogP contribution is 2.38. The van der Waals surface area contributed by atoms with E-state index in [1.165, 1.54) is 35.2 Å². The number of nitrogens with two attached hydrogens (primary N) is 1. The molecule has 0 bridgehead atoms. The third-order valence-electron chi connectivity index (χ3n) is 7.83. The fourth-order valence-corrected chi connectivity index (χ4v) is 6.21. The zero-order valence-corrected chi connectivity index (χ0v) is 26.6. The predicted octanol–water partition coefficient (Wildman–Crippen LogP) is 1.12. The minimum Gasteiger partial charge on any atom is -0.368 e. The summed E-state index contributed by atoms with van der Waals surface area (Å²) in [6, 6.07) is 8.41. The van der Waals surface area contributed by atoms with Crippen LogP contribution >= 0.6 is 11.6 Å². The third-order valence-corrected chi connectivity index (χ3v) is 8.88. The number of H-pyrrole nitrogens is 1. The second-order valence-electron chi connectivity index (χ2n) is 11.7. The Balaban J connectivity index is 1.72. The molecule has 0 aliphatic carbocycles. The van der Waals surface area contributed by atoms with Gasteiger partial charge in [-0.25, -0.2) is 27.2 Å². The molecule has 1 unspecified atom stereocenters. The average molecular weight is 666 g/mol. The largest absolute Gasteiger partial charge is 0.368 e. The SMILES string of the molecule is CC(C)[C@@H](NC(=O)C[N@+]1(c2ccc3[nH]c(S(N)(=O)=O)cc3c2)CCC(O)(C(=O)NCc2cc(F)cc(Cl)c2)C1=O)C(=O)N(C)C. The molecule has 4 rings (SSSR count). The summed E-state index contributed by atoms with van der Waals surface area (Å²) >= 11 is 5.89. The number of aromatic nitrogens is 1. The standard InChI is InChI=1S/C29H34ClFN6O7S/c1-16(2)25(26(39)36(3)4)35-23(38)15-37(21-5-6-22-18(11-21)12-24(34-22)45(32,43)44)8-7-29(42,28(37)41)27(40)33-14-17-9-19(30)13-20(31)10-17/h5-6,9-13,16,25,34,42H,7-8,14-15H2,1-4H3,(H3-,32,33,35,38,40,43,44)/p+1/t25-,29?,37+/m1/s1. The highest BCUT2D eigenvalue weighted by atomic mass is 35.5. The maximum atomic E-state index is 14.2. The molecule has 3 atom stereocenters. The summed E-state index contributed by atoms with van der Waals surface area (Å²) in [5.41, 5.74) is -1.75. The van der Waals surface area contributed by atoms with Crippen molar-refractivity contribution in [1.82, 2.24) is 25.0 Å². The van der Waals surface area contributed by atoms with Gasteiger partial charge in [-0.05, 0) is 41.8 Å². The first-order valence-corrected chi connectivity index (χ1v) is 15.8. The lowest BCUT2D eigenvalue weighted by Crippen LogP contribution is -2.63. The number of fused-ring (bicyclic) bond motifs is 1. The number of hydrogen-bond donors (Lipinski definition) is 5. The number of sulfonamides is 1. The van der Waals surface area contributed by atoms with E-state index in [4.69, 9.17) is 16.7 Å². The van der Waals surface area contributed by atoms with E-state index in [1.807, 2.05) is 0 Å². The number of nitrogens with one attached hydrogen (secondary N) is 3. The highest BCUT2D eigenvalue weighted by Gasteiger charge is 2.63. The van der Waals surface area contributed by atoms with Crippen LogP contribution in [-0.4, -0.2) is 85.9 Å². The summed E-state index contributed by atoms with van der Waals surface area (Å²) in [6.45, 7) is 2.45. The van der Waals surface area contributed by atoms with E-state index in [0.717, 1.165) is 12.1 Å². The van der Waals surface area contributed by atoms with E-state index in [1.54, 1.807) is 27.9 Å². The van der Waals surface area contributed by atoms with Gasteiger partial charge in [0.15, 0.2) is 6.54 Å². The summed E-state index contributed by atoms with van der Waals surface area (Å²) in [7, 11) is -1.01. The summed E-state index contributed by atoms with van der Waals surface area (Å²) < 4.78 is 36.8. The summed E-state index contributed by atoms with van der Waals surface area (Å²) in [6.07, 6.45) is -0.382. The molecule has 0 spiro atoms. The summed E-state index contributed by atoms with van der Waals surface area (Å²) in [4.78, 5) is 57.9. The number of likely N-dealkylation sites (tertiary alicyclic amines) is 1. The van der Waals surface area contributed by atoms with Crippen LogP contribution in [-0.2, 0) is 35.7 Å². The molecule has 45 heavy (non-hydrogen) atoms. The lowest BCUT2D eigenvalue weighted by atomic mass is 10.0. The van der Waals surface area contributed by atoms with E-state index < -0.39 is 56.2 Å². The quantitative estimate of drug-likeness (QED) is 0.158. The zero-order chi connectivity index (χ0) is 33.5. The van der Waals surface area contributed by atoms with Gasteiger partial charge < -0.3 is 25.6 Å². The maximum Gasteiger partial charge on any atom is 0.361 e. The molecule has 1 fully saturated rings. The number of nitrogens with zero attached hydrogens (tertiary/aromatic N) is 2. The number of rotatable bonds is 10. The van der Waals surface area contributed by atoms with Crippen molar-refractivity contribution >= 4 is 61.8 Å². The third kappa shape index (κ3) is 6.87. The first-order valence-electron chi connectivity index (χ1n) is 13.9. The van der Waals surface area contributed by atoms with Crippen LogP contribution in [0.5, 0.6) is 0 Å². The number of hydrogen-bond acceptors (Lipinski definition) is 7. The molecule has 4 amide bonds. The summed E-state index contributed by atoms with van der Waals surface area (Å²) in [5, 5.41) is 22.1. The molecule has 3 aromatic rings. The van der Waals surface area contributed by atoms with Crippen LogP contribution in [0.2, 0.25) is 5.02 Å². The molecule has 1 saturated heterocycles. The Morgan fingerprint density at radius 3 is 2.47 bits per heavy atom. The van der Waals surface area contributed by atoms with Crippen LogP contribution in [0, 0.1) is 11.7 Å². The second kappa shape index (κ2) is 12.5. The summed E-state index contributed by atoms with van der Waals surface area (Å²) in [5.74, 6) is -4.09. The molecule has 13 nitrogen and oxygen atoms in total. The number of likely N-dealkylation sites (N-methyl/N-ethyl adjacent to an activating group) is 1. The number of quaternary nitrogens is 1. The van der Waals surface area contributed by atoms with Gasteiger partial charge >= 0.3 is 5.91 Å². The van der Waals surface area contributed by atoms with Crippen LogP contribution in [0.3, 0.4) is 0 Å². The molecule has 0 saturated carbocycles. The topological polar surface area (TPSA) is 192 Å². The molecule has 6 N–H and O–H groups in total. The van der Waals surface area contributed by atoms with Gasteiger partial charge in [-0.3, -0.25) is 14.4 Å². The Morgan fingerprint density at radius 1 is 1.18 bits per heavy atom. The first-order chi connectivity index (χ1) is 20.9. The van der Waals surface area contributed by atoms with E-state index >= 15 is 0 Å². The Kier molecular flexibility index (Phi) is 9.43. The number of halogens is 2.